The van der Waals surface area contributed by atoms with Crippen molar-refractivity contribution in [1.82, 2.24) is 5.32 Å². The highest BCUT2D eigenvalue weighted by Crippen LogP contribution is 2.20. The fourth-order valence-corrected chi connectivity index (χ4v) is 2.33. The second-order valence-electron chi connectivity index (χ2n) is 3.50. The molecule has 0 radical (unpaired) electrons. The summed E-state index contributed by atoms with van der Waals surface area (Å²) in [5.74, 6) is 0.693. The van der Waals surface area contributed by atoms with E-state index in [4.69, 9.17) is 11.6 Å². The average molecular weight is 246 g/mol. The molecule has 4 heteroatoms. The molecule has 0 fully saturated rings. The highest BCUT2D eigenvalue weighted by Gasteiger charge is 2.09. The van der Waals surface area contributed by atoms with Gasteiger partial charge in [-0.1, -0.05) is 0 Å². The lowest BCUT2D eigenvalue weighted by Crippen LogP contribution is -2.23. The highest BCUT2D eigenvalue weighted by molar-refractivity contribution is 7.14. The van der Waals surface area contributed by atoms with E-state index >= 15 is 0 Å². The number of carbonyl (C=O) groups excluding carboxylic acids is 1. The zero-order valence-electron chi connectivity index (χ0n) is 9.10. The van der Waals surface area contributed by atoms with Crippen molar-refractivity contribution in [3.8, 4) is 0 Å². The molecule has 0 aliphatic rings. The SMILES string of the molecule is Cc1cc(C(=O)NCCCCCl)sc1C. The Morgan fingerprint density at radius 2 is 2.20 bits per heavy atom. The van der Waals surface area contributed by atoms with Crippen molar-refractivity contribution in [1.29, 1.82) is 0 Å². The number of hydrogen-bond acceptors (Lipinski definition) is 2. The zero-order chi connectivity index (χ0) is 11.3. The molecule has 0 aliphatic heterocycles. The molecule has 0 spiro atoms. The molecule has 1 aromatic rings. The van der Waals surface area contributed by atoms with Gasteiger partial charge in [0.2, 0.25) is 0 Å². The summed E-state index contributed by atoms with van der Waals surface area (Å²) in [7, 11) is 0. The first kappa shape index (κ1) is 12.5. The number of carbonyl (C=O) groups is 1. The summed E-state index contributed by atoms with van der Waals surface area (Å²) >= 11 is 7.10. The van der Waals surface area contributed by atoms with Crippen LogP contribution >= 0.6 is 22.9 Å². The van der Waals surface area contributed by atoms with Crippen LogP contribution in [-0.2, 0) is 0 Å². The first-order valence-electron chi connectivity index (χ1n) is 5.06. The van der Waals surface area contributed by atoms with E-state index in [1.54, 1.807) is 11.3 Å². The maximum Gasteiger partial charge on any atom is 0.261 e. The van der Waals surface area contributed by atoms with E-state index in [1.807, 2.05) is 19.9 Å². The van der Waals surface area contributed by atoms with Gasteiger partial charge < -0.3 is 5.32 Å². The number of alkyl halides is 1. The van der Waals surface area contributed by atoms with Gasteiger partial charge in [0.25, 0.3) is 5.91 Å². The summed E-state index contributed by atoms with van der Waals surface area (Å²) in [6, 6.07) is 1.94. The summed E-state index contributed by atoms with van der Waals surface area (Å²) in [4.78, 5) is 13.7. The molecule has 1 heterocycles. The predicted molar refractivity (Wildman–Crippen MR) is 66.1 cm³/mol. The van der Waals surface area contributed by atoms with Gasteiger partial charge in [-0.2, -0.15) is 0 Å². The number of thiophene rings is 1. The summed E-state index contributed by atoms with van der Waals surface area (Å²) in [6.07, 6.45) is 1.89. The van der Waals surface area contributed by atoms with Crippen molar-refractivity contribution < 1.29 is 4.79 Å². The fourth-order valence-electron chi connectivity index (χ4n) is 1.19. The molecule has 0 aliphatic carbocycles. The summed E-state index contributed by atoms with van der Waals surface area (Å²) in [6.45, 7) is 4.77. The molecule has 1 rings (SSSR count). The second kappa shape index (κ2) is 6.13. The Kier molecular flexibility index (Phi) is 5.12. The lowest BCUT2D eigenvalue weighted by atomic mass is 10.3. The molecule has 0 aromatic carbocycles. The Balaban J connectivity index is 2.40. The minimum atomic E-state index is 0.0331. The third kappa shape index (κ3) is 3.84. The van der Waals surface area contributed by atoms with Gasteiger partial charge in [0.15, 0.2) is 0 Å². The smallest absolute Gasteiger partial charge is 0.261 e. The fraction of sp³-hybridized carbons (Fsp3) is 0.545. The number of unbranched alkanes of at least 4 members (excludes halogenated alkanes) is 1. The molecule has 2 nitrogen and oxygen atoms in total. The van der Waals surface area contributed by atoms with Gasteiger partial charge in [-0.25, -0.2) is 0 Å². The molecule has 15 heavy (non-hydrogen) atoms. The van der Waals surface area contributed by atoms with Crippen LogP contribution in [0.3, 0.4) is 0 Å². The van der Waals surface area contributed by atoms with Crippen LogP contribution in [0.2, 0.25) is 0 Å². The molecule has 1 amide bonds. The quantitative estimate of drug-likeness (QED) is 0.627. The minimum absolute atomic E-state index is 0.0331. The van der Waals surface area contributed by atoms with Crippen LogP contribution in [-0.4, -0.2) is 18.3 Å². The van der Waals surface area contributed by atoms with Gasteiger partial charge in [0.1, 0.15) is 0 Å². The summed E-state index contributed by atoms with van der Waals surface area (Å²) < 4.78 is 0. The van der Waals surface area contributed by atoms with E-state index in [9.17, 15) is 4.79 Å². The van der Waals surface area contributed by atoms with Crippen LogP contribution in [0.1, 0.15) is 33.0 Å². The lowest BCUT2D eigenvalue weighted by Gasteiger charge is -2.01. The molecule has 0 saturated heterocycles. The van der Waals surface area contributed by atoms with Crippen molar-refractivity contribution >= 4 is 28.8 Å². The van der Waals surface area contributed by atoms with Crippen LogP contribution in [0.25, 0.3) is 0 Å². The molecule has 1 N–H and O–H groups in total. The van der Waals surface area contributed by atoms with Crippen molar-refractivity contribution in [2.75, 3.05) is 12.4 Å². The number of aryl methyl sites for hydroxylation is 2. The van der Waals surface area contributed by atoms with Gasteiger partial charge in [0.05, 0.1) is 4.88 Å². The van der Waals surface area contributed by atoms with E-state index in [2.05, 4.69) is 5.32 Å². The molecular weight excluding hydrogens is 230 g/mol. The first-order chi connectivity index (χ1) is 7.15. The van der Waals surface area contributed by atoms with E-state index in [0.717, 1.165) is 17.7 Å². The summed E-state index contributed by atoms with van der Waals surface area (Å²) in [5.41, 5.74) is 1.19. The molecule has 1 aromatic heterocycles. The number of amides is 1. The van der Waals surface area contributed by atoms with Crippen molar-refractivity contribution in [3.05, 3.63) is 21.4 Å². The van der Waals surface area contributed by atoms with Gasteiger partial charge >= 0.3 is 0 Å². The Morgan fingerprint density at radius 1 is 1.47 bits per heavy atom. The third-order valence-electron chi connectivity index (χ3n) is 2.24. The second-order valence-corrected chi connectivity index (χ2v) is 5.14. The Bertz CT molecular complexity index is 316. The average Bonchev–Trinajstić information content (AvgIpc) is 2.54. The van der Waals surface area contributed by atoms with Crippen LogP contribution in [0, 0.1) is 13.8 Å². The molecule has 0 bridgehead atoms. The Hall–Kier alpha value is -0.540. The summed E-state index contributed by atoms with van der Waals surface area (Å²) in [5, 5.41) is 2.89. The third-order valence-corrected chi connectivity index (χ3v) is 3.65. The van der Waals surface area contributed by atoms with Gasteiger partial charge in [0, 0.05) is 17.3 Å². The van der Waals surface area contributed by atoms with Gasteiger partial charge in [-0.05, 0) is 38.3 Å². The van der Waals surface area contributed by atoms with Gasteiger partial charge in [-0.15, -0.1) is 22.9 Å². The molecule has 84 valence electrons. The maximum absolute atomic E-state index is 11.6. The molecule has 0 saturated carbocycles. The monoisotopic (exact) mass is 245 g/mol. The minimum Gasteiger partial charge on any atom is -0.351 e. The normalized spacial score (nSPS) is 10.3. The van der Waals surface area contributed by atoms with E-state index in [1.165, 1.54) is 10.4 Å². The Labute approximate surface area is 99.6 Å². The van der Waals surface area contributed by atoms with Crippen molar-refractivity contribution in [3.63, 3.8) is 0 Å². The largest absolute Gasteiger partial charge is 0.351 e. The Morgan fingerprint density at radius 3 is 2.73 bits per heavy atom. The van der Waals surface area contributed by atoms with Crippen LogP contribution in [0.4, 0.5) is 0 Å². The number of rotatable bonds is 5. The highest BCUT2D eigenvalue weighted by atomic mass is 35.5. The zero-order valence-corrected chi connectivity index (χ0v) is 10.7. The van der Waals surface area contributed by atoms with Crippen LogP contribution < -0.4 is 5.32 Å². The van der Waals surface area contributed by atoms with Crippen molar-refractivity contribution in [2.24, 2.45) is 0 Å². The standard InChI is InChI=1S/C11H16ClNOS/c1-8-7-10(15-9(8)2)11(14)13-6-4-3-5-12/h7H,3-6H2,1-2H3,(H,13,14). The molecular formula is C11H16ClNOS. The number of hydrogen-bond donors (Lipinski definition) is 1. The topological polar surface area (TPSA) is 29.1 Å². The first-order valence-corrected chi connectivity index (χ1v) is 6.41. The number of halogens is 1. The van der Waals surface area contributed by atoms with Crippen molar-refractivity contribution in [2.45, 2.75) is 26.7 Å². The van der Waals surface area contributed by atoms with Crippen LogP contribution in [0.5, 0.6) is 0 Å². The molecule has 0 atom stereocenters. The van der Waals surface area contributed by atoms with Crippen LogP contribution in [0.15, 0.2) is 6.07 Å². The predicted octanol–water partition coefficient (Wildman–Crippen LogP) is 3.11. The number of nitrogens with one attached hydrogen (secondary N) is 1. The maximum atomic E-state index is 11.6. The lowest BCUT2D eigenvalue weighted by molar-refractivity contribution is 0.0957. The van der Waals surface area contributed by atoms with E-state index in [0.29, 0.717) is 12.4 Å². The molecule has 0 unspecified atom stereocenters. The van der Waals surface area contributed by atoms with Gasteiger partial charge in [-0.3, -0.25) is 4.79 Å². The van der Waals surface area contributed by atoms with E-state index in [-0.39, 0.29) is 5.91 Å². The van der Waals surface area contributed by atoms with E-state index < -0.39 is 0 Å².